The molecule has 0 radical (unpaired) electrons. The van der Waals surface area contributed by atoms with E-state index in [4.69, 9.17) is 0 Å². The van der Waals surface area contributed by atoms with Gasteiger partial charge in [0.05, 0.1) is 12.1 Å². The van der Waals surface area contributed by atoms with Crippen molar-refractivity contribution in [3.63, 3.8) is 0 Å². The van der Waals surface area contributed by atoms with Gasteiger partial charge in [0.15, 0.2) is 0 Å². The summed E-state index contributed by atoms with van der Waals surface area (Å²) in [6, 6.07) is 2.38. The number of nitrogens with zero attached hydrogens (tertiary/aromatic N) is 2. The third-order valence-electron chi connectivity index (χ3n) is 4.96. The van der Waals surface area contributed by atoms with Gasteiger partial charge in [-0.15, -0.1) is 0 Å². The van der Waals surface area contributed by atoms with E-state index in [1.807, 2.05) is 24.0 Å². The second-order valence-electron chi connectivity index (χ2n) is 6.53. The summed E-state index contributed by atoms with van der Waals surface area (Å²) in [5.41, 5.74) is 0.941. The van der Waals surface area contributed by atoms with Gasteiger partial charge >= 0.3 is 0 Å². The summed E-state index contributed by atoms with van der Waals surface area (Å²) in [5.74, 6) is 0.306. The predicted molar refractivity (Wildman–Crippen MR) is 85.4 cm³/mol. The van der Waals surface area contributed by atoms with Crippen LogP contribution in [0.3, 0.4) is 0 Å². The first-order chi connectivity index (χ1) is 10.1. The minimum absolute atomic E-state index is 0.0363. The maximum atomic E-state index is 12.4. The molecule has 1 aliphatic carbocycles. The normalized spacial score (nSPS) is 19.4. The molecule has 0 aromatic carbocycles. The van der Waals surface area contributed by atoms with Crippen molar-refractivity contribution >= 4 is 5.78 Å². The Morgan fingerprint density at radius 3 is 2.76 bits per heavy atom. The van der Waals surface area contributed by atoms with E-state index in [1.54, 1.807) is 0 Å². The van der Waals surface area contributed by atoms with Crippen LogP contribution in [0.1, 0.15) is 70.5 Å². The van der Waals surface area contributed by atoms with E-state index in [1.165, 1.54) is 19.3 Å². The van der Waals surface area contributed by atoms with E-state index in [2.05, 4.69) is 24.3 Å². The standard InChI is InChI=1S/C17H29N3O/c1-4-14(2)20-11-8-15(19-20)12-16(21)13-17(18-3)9-6-5-7-10-17/h8,11,14,18H,4-7,9-10,12-13H2,1-3H3. The first-order valence-electron chi connectivity index (χ1n) is 8.33. The fraction of sp³-hybridized carbons (Fsp3) is 0.765. The number of aromatic nitrogens is 2. The molecule has 1 fully saturated rings. The van der Waals surface area contributed by atoms with Crippen LogP contribution < -0.4 is 5.32 Å². The highest BCUT2D eigenvalue weighted by atomic mass is 16.1. The number of nitrogens with one attached hydrogen (secondary N) is 1. The summed E-state index contributed by atoms with van der Waals surface area (Å²) in [7, 11) is 2.00. The number of carbonyl (C=O) groups excluding carboxylic acids is 1. The Morgan fingerprint density at radius 1 is 1.43 bits per heavy atom. The Kier molecular flexibility index (Phi) is 5.57. The van der Waals surface area contributed by atoms with Crippen molar-refractivity contribution in [2.75, 3.05) is 7.05 Å². The lowest BCUT2D eigenvalue weighted by molar-refractivity contribution is -0.120. The molecule has 1 unspecified atom stereocenters. The van der Waals surface area contributed by atoms with Crippen LogP contribution >= 0.6 is 0 Å². The van der Waals surface area contributed by atoms with Crippen molar-refractivity contribution < 1.29 is 4.79 Å². The van der Waals surface area contributed by atoms with Gasteiger partial charge in [0, 0.05) is 24.2 Å². The molecule has 0 bridgehead atoms. The van der Waals surface area contributed by atoms with Crippen LogP contribution in [-0.4, -0.2) is 28.2 Å². The number of hydrogen-bond acceptors (Lipinski definition) is 3. The minimum atomic E-state index is 0.0363. The quantitative estimate of drug-likeness (QED) is 0.838. The average molecular weight is 291 g/mol. The van der Waals surface area contributed by atoms with Crippen molar-refractivity contribution in [3.05, 3.63) is 18.0 Å². The average Bonchev–Trinajstić information content (AvgIpc) is 2.95. The summed E-state index contributed by atoms with van der Waals surface area (Å²) in [4.78, 5) is 12.4. The van der Waals surface area contributed by atoms with E-state index in [0.29, 0.717) is 24.7 Å². The molecule has 1 aromatic heterocycles. The number of hydrogen-bond donors (Lipinski definition) is 1. The molecule has 0 aliphatic heterocycles. The maximum Gasteiger partial charge on any atom is 0.140 e. The Bertz CT molecular complexity index is 460. The van der Waals surface area contributed by atoms with Crippen LogP contribution in [0.2, 0.25) is 0 Å². The highest BCUT2D eigenvalue weighted by Gasteiger charge is 2.32. The summed E-state index contributed by atoms with van der Waals surface area (Å²) in [6.07, 6.45) is 10.2. The van der Waals surface area contributed by atoms with Crippen LogP contribution in [-0.2, 0) is 11.2 Å². The third-order valence-corrected chi connectivity index (χ3v) is 4.96. The monoisotopic (exact) mass is 291 g/mol. The molecule has 21 heavy (non-hydrogen) atoms. The van der Waals surface area contributed by atoms with Gasteiger partial charge in [-0.25, -0.2) is 0 Å². The summed E-state index contributed by atoms with van der Waals surface area (Å²) in [6.45, 7) is 4.30. The number of Topliss-reactive ketones (excluding diaryl/α,β-unsaturated/α-hetero) is 1. The van der Waals surface area contributed by atoms with Crippen LogP contribution in [0.25, 0.3) is 0 Å². The molecular formula is C17H29N3O. The lowest BCUT2D eigenvalue weighted by atomic mass is 9.78. The smallest absolute Gasteiger partial charge is 0.140 e. The van der Waals surface area contributed by atoms with Gasteiger partial charge < -0.3 is 5.32 Å². The maximum absolute atomic E-state index is 12.4. The Hall–Kier alpha value is -1.16. The first kappa shape index (κ1) is 16.2. The van der Waals surface area contributed by atoms with Gasteiger partial charge in [0.2, 0.25) is 0 Å². The van der Waals surface area contributed by atoms with Gasteiger partial charge in [-0.05, 0) is 39.3 Å². The summed E-state index contributed by atoms with van der Waals surface area (Å²) < 4.78 is 1.97. The predicted octanol–water partition coefficient (Wildman–Crippen LogP) is 3.28. The van der Waals surface area contributed by atoms with Crippen molar-refractivity contribution in [3.8, 4) is 0 Å². The van der Waals surface area contributed by atoms with Crippen LogP contribution in [0.4, 0.5) is 0 Å². The van der Waals surface area contributed by atoms with Gasteiger partial charge in [-0.1, -0.05) is 26.2 Å². The van der Waals surface area contributed by atoms with Gasteiger partial charge in [-0.3, -0.25) is 9.48 Å². The van der Waals surface area contributed by atoms with E-state index < -0.39 is 0 Å². The molecule has 1 heterocycles. The zero-order valence-corrected chi connectivity index (χ0v) is 13.7. The topological polar surface area (TPSA) is 46.9 Å². The van der Waals surface area contributed by atoms with Crippen molar-refractivity contribution in [1.82, 2.24) is 15.1 Å². The number of carbonyl (C=O) groups is 1. The van der Waals surface area contributed by atoms with Crippen molar-refractivity contribution in [2.45, 2.75) is 76.8 Å². The molecule has 0 spiro atoms. The van der Waals surface area contributed by atoms with Crippen LogP contribution in [0, 0.1) is 0 Å². The lowest BCUT2D eigenvalue weighted by Crippen LogP contribution is -2.46. The number of ketones is 1. The summed E-state index contributed by atoms with van der Waals surface area (Å²) in [5, 5.41) is 7.96. The van der Waals surface area contributed by atoms with E-state index in [9.17, 15) is 4.79 Å². The van der Waals surface area contributed by atoms with Crippen LogP contribution in [0.15, 0.2) is 12.3 Å². The molecule has 118 valence electrons. The second-order valence-corrected chi connectivity index (χ2v) is 6.53. The molecule has 1 aliphatic rings. The van der Waals surface area contributed by atoms with E-state index in [-0.39, 0.29) is 5.54 Å². The SMILES string of the molecule is CCC(C)n1ccc(CC(=O)CC2(NC)CCCCC2)n1. The fourth-order valence-corrected chi connectivity index (χ4v) is 3.29. The lowest BCUT2D eigenvalue weighted by Gasteiger charge is -2.36. The third kappa shape index (κ3) is 4.16. The molecule has 4 heteroatoms. The molecule has 0 amide bonds. The molecule has 1 aromatic rings. The van der Waals surface area contributed by atoms with E-state index in [0.717, 1.165) is 25.0 Å². The fourth-order valence-electron chi connectivity index (χ4n) is 3.29. The minimum Gasteiger partial charge on any atom is -0.314 e. The first-order valence-corrected chi connectivity index (χ1v) is 8.33. The molecule has 1 atom stereocenters. The molecule has 1 saturated carbocycles. The Balaban J connectivity index is 1.93. The second kappa shape index (κ2) is 7.21. The number of rotatable bonds is 7. The van der Waals surface area contributed by atoms with Crippen molar-refractivity contribution in [2.24, 2.45) is 0 Å². The highest BCUT2D eigenvalue weighted by Crippen LogP contribution is 2.31. The highest BCUT2D eigenvalue weighted by molar-refractivity contribution is 5.81. The molecule has 1 N–H and O–H groups in total. The van der Waals surface area contributed by atoms with Gasteiger partial charge in [-0.2, -0.15) is 5.10 Å². The molecular weight excluding hydrogens is 262 g/mol. The largest absolute Gasteiger partial charge is 0.314 e. The Morgan fingerprint density at radius 2 is 2.14 bits per heavy atom. The summed E-state index contributed by atoms with van der Waals surface area (Å²) >= 11 is 0. The molecule has 2 rings (SSSR count). The van der Waals surface area contributed by atoms with E-state index >= 15 is 0 Å². The molecule has 4 nitrogen and oxygen atoms in total. The van der Waals surface area contributed by atoms with Crippen molar-refractivity contribution in [1.29, 1.82) is 0 Å². The Labute approximate surface area is 128 Å². The zero-order chi connectivity index (χ0) is 15.3. The molecule has 0 saturated heterocycles. The van der Waals surface area contributed by atoms with Gasteiger partial charge in [0.25, 0.3) is 0 Å². The van der Waals surface area contributed by atoms with Crippen LogP contribution in [0.5, 0.6) is 0 Å². The van der Waals surface area contributed by atoms with Gasteiger partial charge in [0.1, 0.15) is 5.78 Å². The zero-order valence-electron chi connectivity index (χ0n) is 13.7.